The molecule has 0 fully saturated rings. The molecule has 0 bridgehead atoms. The summed E-state index contributed by atoms with van der Waals surface area (Å²) in [5, 5.41) is 7.14. The minimum absolute atomic E-state index is 0.193. The lowest BCUT2D eigenvalue weighted by Gasteiger charge is -2.09. The van der Waals surface area contributed by atoms with Crippen molar-refractivity contribution in [3.8, 4) is 22.4 Å². The molecule has 24 heavy (non-hydrogen) atoms. The third kappa shape index (κ3) is 3.46. The number of alkyl halides is 3. The lowest BCUT2D eigenvalue weighted by molar-refractivity contribution is -0.127. The van der Waals surface area contributed by atoms with E-state index in [1.165, 1.54) is 12.1 Å². The number of nitrogens with zero attached hydrogens (tertiary/aromatic N) is 2. The van der Waals surface area contributed by atoms with Crippen molar-refractivity contribution >= 4 is 0 Å². The Hall–Kier alpha value is -2.67. The first-order valence-electron chi connectivity index (χ1n) is 7.31. The Morgan fingerprint density at radius 1 is 1.04 bits per heavy atom. The van der Waals surface area contributed by atoms with Crippen LogP contribution in [0.15, 0.2) is 48.8 Å². The standard InChI is InChI=1S/C17H15F3N4/c18-17(19,20)9-11-2-1-3-13(8-11)16-15(14(10-21)23-24-16)12-4-6-22-7-5-12/h1-8H,9-10,21H2,(H,23,24). The molecule has 7 heteroatoms. The molecule has 0 unspecified atom stereocenters. The van der Waals surface area contributed by atoms with Gasteiger partial charge in [0.2, 0.25) is 0 Å². The van der Waals surface area contributed by atoms with Crippen molar-refractivity contribution in [3.05, 3.63) is 60.0 Å². The highest BCUT2D eigenvalue weighted by Crippen LogP contribution is 2.34. The average molecular weight is 332 g/mol. The van der Waals surface area contributed by atoms with Crippen molar-refractivity contribution < 1.29 is 13.2 Å². The van der Waals surface area contributed by atoms with Gasteiger partial charge in [-0.25, -0.2) is 0 Å². The topological polar surface area (TPSA) is 67.6 Å². The Labute approximate surface area is 136 Å². The van der Waals surface area contributed by atoms with Crippen molar-refractivity contribution in [1.82, 2.24) is 15.2 Å². The number of hydrogen-bond acceptors (Lipinski definition) is 3. The van der Waals surface area contributed by atoms with E-state index in [4.69, 9.17) is 5.73 Å². The van der Waals surface area contributed by atoms with Gasteiger partial charge in [-0.2, -0.15) is 18.3 Å². The summed E-state index contributed by atoms with van der Waals surface area (Å²) in [4.78, 5) is 3.98. The molecule has 3 rings (SSSR count). The molecular formula is C17H15F3N4. The maximum atomic E-state index is 12.6. The van der Waals surface area contributed by atoms with Gasteiger partial charge in [-0.3, -0.25) is 10.1 Å². The second-order valence-corrected chi connectivity index (χ2v) is 5.36. The number of pyridine rings is 1. The van der Waals surface area contributed by atoms with Gasteiger partial charge >= 0.3 is 6.18 Å². The molecule has 4 nitrogen and oxygen atoms in total. The number of benzene rings is 1. The van der Waals surface area contributed by atoms with E-state index >= 15 is 0 Å². The highest BCUT2D eigenvalue weighted by molar-refractivity contribution is 5.82. The first-order valence-corrected chi connectivity index (χ1v) is 7.31. The van der Waals surface area contributed by atoms with Crippen LogP contribution in [-0.4, -0.2) is 21.4 Å². The van der Waals surface area contributed by atoms with Gasteiger partial charge in [-0.1, -0.05) is 18.2 Å². The molecule has 3 N–H and O–H groups in total. The Kier molecular flexibility index (Phi) is 4.35. The van der Waals surface area contributed by atoms with Crippen molar-refractivity contribution in [2.24, 2.45) is 5.73 Å². The Morgan fingerprint density at radius 3 is 2.46 bits per heavy atom. The monoisotopic (exact) mass is 332 g/mol. The van der Waals surface area contributed by atoms with Crippen molar-refractivity contribution in [2.45, 2.75) is 19.1 Å². The summed E-state index contributed by atoms with van der Waals surface area (Å²) in [5.74, 6) is 0. The SMILES string of the molecule is NCc1[nH]nc(-c2cccc(CC(F)(F)F)c2)c1-c1ccncc1. The van der Waals surface area contributed by atoms with Gasteiger partial charge in [-0.15, -0.1) is 0 Å². The van der Waals surface area contributed by atoms with Gasteiger partial charge in [0.25, 0.3) is 0 Å². The largest absolute Gasteiger partial charge is 0.393 e. The molecule has 2 heterocycles. The van der Waals surface area contributed by atoms with Gasteiger partial charge in [0, 0.05) is 30.1 Å². The number of rotatable bonds is 4. The number of aromatic nitrogens is 3. The van der Waals surface area contributed by atoms with Gasteiger partial charge in [0.1, 0.15) is 5.69 Å². The van der Waals surface area contributed by atoms with E-state index in [-0.39, 0.29) is 12.1 Å². The second-order valence-electron chi connectivity index (χ2n) is 5.36. The molecule has 0 amide bonds. The molecule has 0 saturated heterocycles. The maximum Gasteiger partial charge on any atom is 0.393 e. The van der Waals surface area contributed by atoms with Crippen LogP contribution >= 0.6 is 0 Å². The third-order valence-electron chi connectivity index (χ3n) is 3.62. The van der Waals surface area contributed by atoms with Crippen molar-refractivity contribution in [2.75, 3.05) is 0 Å². The minimum Gasteiger partial charge on any atom is -0.325 e. The zero-order valence-corrected chi connectivity index (χ0v) is 12.6. The van der Waals surface area contributed by atoms with Crippen LogP contribution < -0.4 is 5.73 Å². The van der Waals surface area contributed by atoms with Crippen molar-refractivity contribution in [1.29, 1.82) is 0 Å². The number of nitrogens with two attached hydrogens (primary N) is 1. The zero-order chi connectivity index (χ0) is 17.2. The summed E-state index contributed by atoms with van der Waals surface area (Å²) in [6.07, 6.45) is -1.93. The highest BCUT2D eigenvalue weighted by atomic mass is 19.4. The van der Waals surface area contributed by atoms with Crippen LogP contribution in [0.5, 0.6) is 0 Å². The normalized spacial score (nSPS) is 11.7. The van der Waals surface area contributed by atoms with E-state index in [2.05, 4.69) is 15.2 Å². The predicted molar refractivity (Wildman–Crippen MR) is 84.9 cm³/mol. The van der Waals surface area contributed by atoms with Crippen LogP contribution in [-0.2, 0) is 13.0 Å². The summed E-state index contributed by atoms with van der Waals surface area (Å²) >= 11 is 0. The second kappa shape index (κ2) is 6.45. The molecule has 0 aliphatic carbocycles. The lowest BCUT2D eigenvalue weighted by Crippen LogP contribution is -2.11. The molecule has 124 valence electrons. The van der Waals surface area contributed by atoms with Gasteiger partial charge in [0.15, 0.2) is 0 Å². The van der Waals surface area contributed by atoms with E-state index in [1.807, 2.05) is 12.1 Å². The van der Waals surface area contributed by atoms with E-state index in [0.29, 0.717) is 11.3 Å². The smallest absolute Gasteiger partial charge is 0.325 e. The van der Waals surface area contributed by atoms with Crippen molar-refractivity contribution in [3.63, 3.8) is 0 Å². The predicted octanol–water partition coefficient (Wildman–Crippen LogP) is 3.70. The van der Waals surface area contributed by atoms with E-state index < -0.39 is 12.6 Å². The lowest BCUT2D eigenvalue weighted by atomic mass is 9.98. The van der Waals surface area contributed by atoms with Crippen LogP contribution in [0.2, 0.25) is 0 Å². The van der Waals surface area contributed by atoms with Gasteiger partial charge in [-0.05, 0) is 29.3 Å². The highest BCUT2D eigenvalue weighted by Gasteiger charge is 2.28. The van der Waals surface area contributed by atoms with Gasteiger partial charge < -0.3 is 5.73 Å². The summed E-state index contributed by atoms with van der Waals surface area (Å²) < 4.78 is 37.9. The number of halogens is 3. The molecule has 0 aliphatic rings. The first kappa shape index (κ1) is 16.2. The van der Waals surface area contributed by atoms with Crippen LogP contribution in [0, 0.1) is 0 Å². The number of aromatic amines is 1. The molecule has 1 aromatic carbocycles. The third-order valence-corrected chi connectivity index (χ3v) is 3.62. The summed E-state index contributed by atoms with van der Waals surface area (Å²) in [5.41, 5.74) is 9.49. The summed E-state index contributed by atoms with van der Waals surface area (Å²) in [6.45, 7) is 0.243. The van der Waals surface area contributed by atoms with E-state index in [9.17, 15) is 13.2 Å². The van der Waals surface area contributed by atoms with Crippen LogP contribution in [0.1, 0.15) is 11.3 Å². The Bertz CT molecular complexity index is 825. The molecule has 0 aliphatic heterocycles. The number of H-pyrrole nitrogens is 1. The van der Waals surface area contributed by atoms with Gasteiger partial charge in [0.05, 0.1) is 12.1 Å². The molecule has 2 aromatic heterocycles. The maximum absolute atomic E-state index is 12.6. The fourth-order valence-electron chi connectivity index (χ4n) is 2.62. The summed E-state index contributed by atoms with van der Waals surface area (Å²) in [6, 6.07) is 9.93. The minimum atomic E-state index is -4.25. The summed E-state index contributed by atoms with van der Waals surface area (Å²) in [7, 11) is 0. The first-order chi connectivity index (χ1) is 11.5. The van der Waals surface area contributed by atoms with E-state index in [1.54, 1.807) is 24.5 Å². The Balaban J connectivity index is 2.08. The van der Waals surface area contributed by atoms with Crippen LogP contribution in [0.3, 0.4) is 0 Å². The number of nitrogens with one attached hydrogen (secondary N) is 1. The Morgan fingerprint density at radius 2 is 1.79 bits per heavy atom. The van der Waals surface area contributed by atoms with Crippen LogP contribution in [0.25, 0.3) is 22.4 Å². The average Bonchev–Trinajstić information content (AvgIpc) is 2.98. The fraction of sp³-hybridized carbons (Fsp3) is 0.176. The molecule has 0 saturated carbocycles. The van der Waals surface area contributed by atoms with Crippen LogP contribution in [0.4, 0.5) is 13.2 Å². The number of hydrogen-bond donors (Lipinski definition) is 2. The molecule has 0 radical (unpaired) electrons. The quantitative estimate of drug-likeness (QED) is 0.765. The molecule has 0 spiro atoms. The fourth-order valence-corrected chi connectivity index (χ4v) is 2.62. The zero-order valence-electron chi connectivity index (χ0n) is 12.6. The molecular weight excluding hydrogens is 317 g/mol. The van der Waals surface area contributed by atoms with E-state index in [0.717, 1.165) is 16.8 Å². The molecule has 0 atom stereocenters. The molecule has 3 aromatic rings.